The molecule has 25 heavy (non-hydrogen) atoms. The lowest BCUT2D eigenvalue weighted by molar-refractivity contribution is -0.118. The SMILES string of the molecule is CC(C)(C(=O)Nc1cc(C2(CO)CCC2)no1)S(=O)(=O)CC1CCC1. The molecule has 2 N–H and O–H groups in total. The Balaban J connectivity index is 1.69. The van der Waals surface area contributed by atoms with E-state index in [0.717, 1.165) is 38.5 Å². The first-order chi connectivity index (χ1) is 11.7. The monoisotopic (exact) mass is 370 g/mol. The zero-order valence-corrected chi connectivity index (χ0v) is 15.6. The van der Waals surface area contributed by atoms with Crippen molar-refractivity contribution in [3.8, 4) is 0 Å². The van der Waals surface area contributed by atoms with Crippen molar-refractivity contribution in [1.82, 2.24) is 5.16 Å². The second-order valence-corrected chi connectivity index (χ2v) is 10.5. The van der Waals surface area contributed by atoms with E-state index < -0.39 is 25.9 Å². The van der Waals surface area contributed by atoms with Crippen LogP contribution in [0.3, 0.4) is 0 Å². The van der Waals surface area contributed by atoms with Gasteiger partial charge in [0.25, 0.3) is 0 Å². The lowest BCUT2D eigenvalue weighted by Gasteiger charge is -2.38. The van der Waals surface area contributed by atoms with Gasteiger partial charge in [-0.3, -0.25) is 10.1 Å². The number of sulfone groups is 1. The fourth-order valence-corrected chi connectivity index (χ4v) is 4.97. The Bertz CT molecular complexity index is 739. The average molecular weight is 370 g/mol. The van der Waals surface area contributed by atoms with Gasteiger partial charge in [-0.05, 0) is 45.4 Å². The number of carbonyl (C=O) groups is 1. The Morgan fingerprint density at radius 1 is 1.40 bits per heavy atom. The predicted octanol–water partition coefficient (Wildman–Crippen LogP) is 2.02. The highest BCUT2D eigenvalue weighted by Gasteiger charge is 2.44. The van der Waals surface area contributed by atoms with Crippen LogP contribution in [-0.4, -0.2) is 41.7 Å². The van der Waals surface area contributed by atoms with Crippen molar-refractivity contribution in [1.29, 1.82) is 0 Å². The van der Waals surface area contributed by atoms with Gasteiger partial charge in [0, 0.05) is 11.5 Å². The molecule has 0 saturated heterocycles. The van der Waals surface area contributed by atoms with E-state index in [1.165, 1.54) is 13.8 Å². The third-order valence-corrected chi connectivity index (χ3v) is 8.56. The first-order valence-electron chi connectivity index (χ1n) is 8.82. The van der Waals surface area contributed by atoms with Crippen molar-refractivity contribution in [2.45, 2.75) is 62.5 Å². The summed E-state index contributed by atoms with van der Waals surface area (Å²) in [5.41, 5.74) is 0.213. The first kappa shape index (κ1) is 18.4. The van der Waals surface area contributed by atoms with Gasteiger partial charge in [0.1, 0.15) is 4.75 Å². The third-order valence-electron chi connectivity index (χ3n) is 5.91. The number of aliphatic hydroxyl groups excluding tert-OH is 1. The molecule has 2 aliphatic rings. The molecule has 0 unspecified atom stereocenters. The van der Waals surface area contributed by atoms with Crippen LogP contribution in [-0.2, 0) is 20.0 Å². The van der Waals surface area contributed by atoms with Crippen molar-refractivity contribution in [2.75, 3.05) is 17.7 Å². The zero-order chi connectivity index (χ0) is 18.3. The minimum Gasteiger partial charge on any atom is -0.395 e. The maximum Gasteiger partial charge on any atom is 0.247 e. The molecule has 0 radical (unpaired) electrons. The van der Waals surface area contributed by atoms with Crippen LogP contribution >= 0.6 is 0 Å². The Hall–Kier alpha value is -1.41. The number of nitrogens with one attached hydrogen (secondary N) is 1. The van der Waals surface area contributed by atoms with Crippen LogP contribution in [0.4, 0.5) is 5.88 Å². The molecule has 1 aromatic heterocycles. The van der Waals surface area contributed by atoms with E-state index in [1.54, 1.807) is 6.07 Å². The van der Waals surface area contributed by atoms with Gasteiger partial charge in [0.05, 0.1) is 18.1 Å². The molecular weight excluding hydrogens is 344 g/mol. The zero-order valence-electron chi connectivity index (χ0n) is 14.7. The summed E-state index contributed by atoms with van der Waals surface area (Å²) in [6.45, 7) is 2.83. The van der Waals surface area contributed by atoms with Crippen LogP contribution in [0, 0.1) is 5.92 Å². The number of aliphatic hydroxyl groups is 1. The van der Waals surface area contributed by atoms with Gasteiger partial charge in [-0.25, -0.2) is 8.42 Å². The van der Waals surface area contributed by atoms with E-state index >= 15 is 0 Å². The van der Waals surface area contributed by atoms with E-state index in [-0.39, 0.29) is 24.2 Å². The summed E-state index contributed by atoms with van der Waals surface area (Å²) in [6, 6.07) is 1.59. The van der Waals surface area contributed by atoms with Crippen molar-refractivity contribution in [3.63, 3.8) is 0 Å². The molecular formula is C17H26N2O5S. The second-order valence-electron chi connectivity index (χ2n) is 7.91. The molecule has 0 spiro atoms. The largest absolute Gasteiger partial charge is 0.395 e. The van der Waals surface area contributed by atoms with E-state index in [2.05, 4.69) is 10.5 Å². The fourth-order valence-electron chi connectivity index (χ4n) is 3.26. The number of hydrogen-bond acceptors (Lipinski definition) is 6. The van der Waals surface area contributed by atoms with Crippen LogP contribution in [0.15, 0.2) is 10.6 Å². The minimum absolute atomic E-state index is 0.0197. The lowest BCUT2D eigenvalue weighted by Crippen LogP contribution is -2.47. The van der Waals surface area contributed by atoms with Crippen molar-refractivity contribution >= 4 is 21.6 Å². The standard InChI is InChI=1S/C17H26N2O5S/c1-16(2,25(22,23)10-12-5-3-6-12)15(21)18-14-9-13(19-24-14)17(11-20)7-4-8-17/h9,12,20H,3-8,10-11H2,1-2H3,(H,18,21). The van der Waals surface area contributed by atoms with E-state index in [1.807, 2.05) is 0 Å². The Morgan fingerprint density at radius 2 is 2.08 bits per heavy atom. The van der Waals surface area contributed by atoms with Crippen molar-refractivity contribution in [3.05, 3.63) is 11.8 Å². The third kappa shape index (κ3) is 3.21. The normalized spacial score (nSPS) is 20.6. The Kier molecular flexibility index (Phi) is 4.70. The molecule has 0 aliphatic heterocycles. The number of hydrogen-bond donors (Lipinski definition) is 2. The highest BCUT2D eigenvalue weighted by atomic mass is 32.2. The smallest absolute Gasteiger partial charge is 0.247 e. The summed E-state index contributed by atoms with van der Waals surface area (Å²) in [7, 11) is -3.57. The van der Waals surface area contributed by atoms with E-state index in [4.69, 9.17) is 4.52 Å². The van der Waals surface area contributed by atoms with Crippen LogP contribution in [0.25, 0.3) is 0 Å². The van der Waals surface area contributed by atoms with Gasteiger partial charge in [-0.15, -0.1) is 0 Å². The maximum absolute atomic E-state index is 12.6. The topological polar surface area (TPSA) is 110 Å². The summed E-state index contributed by atoms with van der Waals surface area (Å²) in [5.74, 6) is -0.298. The number of amides is 1. The number of anilines is 1. The minimum atomic E-state index is -3.57. The van der Waals surface area contributed by atoms with Gasteiger partial charge in [0.2, 0.25) is 11.8 Å². The molecule has 0 atom stereocenters. The molecule has 1 aromatic rings. The first-order valence-corrected chi connectivity index (χ1v) is 10.5. The number of carbonyl (C=O) groups excluding carboxylic acids is 1. The molecule has 140 valence electrons. The highest BCUT2D eigenvalue weighted by Crippen LogP contribution is 2.43. The molecule has 2 aliphatic carbocycles. The molecule has 1 amide bonds. The van der Waals surface area contributed by atoms with Gasteiger partial charge in [-0.2, -0.15) is 0 Å². The molecule has 2 fully saturated rings. The number of nitrogens with zero attached hydrogens (tertiary/aromatic N) is 1. The molecule has 0 aromatic carbocycles. The summed E-state index contributed by atoms with van der Waals surface area (Å²) < 4.78 is 28.8. The molecule has 2 saturated carbocycles. The van der Waals surface area contributed by atoms with Crippen LogP contribution in [0.2, 0.25) is 0 Å². The van der Waals surface area contributed by atoms with Gasteiger partial charge in [-0.1, -0.05) is 18.0 Å². The molecule has 7 nitrogen and oxygen atoms in total. The number of aromatic nitrogens is 1. The van der Waals surface area contributed by atoms with Crippen LogP contribution in [0.1, 0.15) is 58.1 Å². The molecule has 0 bridgehead atoms. The average Bonchev–Trinajstić information content (AvgIpc) is 2.91. The van der Waals surface area contributed by atoms with Crippen LogP contribution < -0.4 is 5.32 Å². The van der Waals surface area contributed by atoms with E-state index in [9.17, 15) is 18.3 Å². The van der Waals surface area contributed by atoms with Gasteiger partial charge >= 0.3 is 0 Å². The van der Waals surface area contributed by atoms with Gasteiger partial charge < -0.3 is 9.63 Å². The lowest BCUT2D eigenvalue weighted by atomic mass is 9.67. The van der Waals surface area contributed by atoms with Crippen molar-refractivity contribution < 1.29 is 22.8 Å². The quantitative estimate of drug-likeness (QED) is 0.760. The van der Waals surface area contributed by atoms with E-state index in [0.29, 0.717) is 5.69 Å². The molecule has 3 rings (SSSR count). The predicted molar refractivity (Wildman–Crippen MR) is 93.0 cm³/mol. The summed E-state index contributed by atoms with van der Waals surface area (Å²) in [6.07, 6.45) is 5.54. The Morgan fingerprint density at radius 3 is 2.56 bits per heavy atom. The fraction of sp³-hybridized carbons (Fsp3) is 0.765. The molecule has 1 heterocycles. The highest BCUT2D eigenvalue weighted by molar-refractivity contribution is 7.93. The number of rotatable bonds is 7. The van der Waals surface area contributed by atoms with Gasteiger partial charge in [0.15, 0.2) is 9.84 Å². The summed E-state index contributed by atoms with van der Waals surface area (Å²) >= 11 is 0. The summed E-state index contributed by atoms with van der Waals surface area (Å²) in [5, 5.41) is 16.1. The second kappa shape index (κ2) is 6.39. The van der Waals surface area contributed by atoms with Crippen molar-refractivity contribution in [2.24, 2.45) is 5.92 Å². The Labute approximate surface area is 148 Å². The maximum atomic E-state index is 12.6. The molecule has 8 heteroatoms. The van der Waals surface area contributed by atoms with Crippen LogP contribution in [0.5, 0.6) is 0 Å². The summed E-state index contributed by atoms with van der Waals surface area (Å²) in [4.78, 5) is 12.6.